The van der Waals surface area contributed by atoms with Crippen molar-refractivity contribution in [1.29, 1.82) is 0 Å². The van der Waals surface area contributed by atoms with E-state index in [1.165, 1.54) is 26.6 Å². The van der Waals surface area contributed by atoms with Gasteiger partial charge in [0, 0.05) is 6.54 Å². The normalized spacial score (nSPS) is 18.5. The highest BCUT2D eigenvalue weighted by molar-refractivity contribution is 5.87. The summed E-state index contributed by atoms with van der Waals surface area (Å²) in [5.74, 6) is -0.357. The Kier molecular flexibility index (Phi) is 4.49. The molecule has 1 saturated heterocycles. The van der Waals surface area contributed by atoms with Crippen LogP contribution in [0.25, 0.3) is 0 Å². The summed E-state index contributed by atoms with van der Waals surface area (Å²) < 4.78 is 9.44. The van der Waals surface area contributed by atoms with E-state index in [0.29, 0.717) is 18.8 Å². The van der Waals surface area contributed by atoms with E-state index in [-0.39, 0.29) is 17.7 Å². The molecule has 1 unspecified atom stereocenters. The number of aromatic nitrogens is 2. The molecular formula is C13H17N3O4. The second-order valence-electron chi connectivity index (χ2n) is 4.48. The van der Waals surface area contributed by atoms with E-state index in [9.17, 15) is 9.59 Å². The van der Waals surface area contributed by atoms with Gasteiger partial charge in [-0.05, 0) is 19.3 Å². The van der Waals surface area contributed by atoms with Crippen molar-refractivity contribution in [2.75, 3.05) is 25.7 Å². The number of anilines is 1. The lowest BCUT2D eigenvalue weighted by atomic mass is 10.0. The summed E-state index contributed by atoms with van der Waals surface area (Å²) in [5.41, 5.74) is 0.124. The summed E-state index contributed by atoms with van der Waals surface area (Å²) >= 11 is 0. The van der Waals surface area contributed by atoms with Gasteiger partial charge in [0.1, 0.15) is 11.9 Å². The molecule has 2 rings (SSSR count). The number of hydrogen-bond acceptors (Lipinski definition) is 7. The Morgan fingerprint density at radius 1 is 1.25 bits per heavy atom. The Morgan fingerprint density at radius 3 is 2.75 bits per heavy atom. The molecule has 0 N–H and O–H groups in total. The number of nitrogens with zero attached hydrogens (tertiary/aromatic N) is 3. The van der Waals surface area contributed by atoms with Crippen molar-refractivity contribution < 1.29 is 19.1 Å². The van der Waals surface area contributed by atoms with Gasteiger partial charge >= 0.3 is 11.9 Å². The van der Waals surface area contributed by atoms with Crippen molar-refractivity contribution in [3.63, 3.8) is 0 Å². The van der Waals surface area contributed by atoms with Crippen LogP contribution in [0.3, 0.4) is 0 Å². The summed E-state index contributed by atoms with van der Waals surface area (Å²) in [5, 5.41) is 0. The van der Waals surface area contributed by atoms with Crippen LogP contribution < -0.4 is 4.90 Å². The molecule has 1 aromatic heterocycles. The van der Waals surface area contributed by atoms with Crippen LogP contribution in [0.2, 0.25) is 0 Å². The van der Waals surface area contributed by atoms with Crippen LogP contribution >= 0.6 is 0 Å². The van der Waals surface area contributed by atoms with Crippen LogP contribution in [0, 0.1) is 0 Å². The second kappa shape index (κ2) is 6.31. The van der Waals surface area contributed by atoms with Crippen molar-refractivity contribution in [1.82, 2.24) is 9.97 Å². The summed E-state index contributed by atoms with van der Waals surface area (Å²) in [6.45, 7) is 0.680. The molecule has 20 heavy (non-hydrogen) atoms. The standard InChI is InChI=1S/C13H17N3O4/c1-19-12(17)9-7-14-8-11(15-9)16-6-4-3-5-10(16)13(18)20-2/h7-8,10H,3-6H2,1-2H3. The van der Waals surface area contributed by atoms with Gasteiger partial charge in [0.2, 0.25) is 0 Å². The average molecular weight is 279 g/mol. The van der Waals surface area contributed by atoms with Crippen molar-refractivity contribution >= 4 is 17.8 Å². The molecule has 0 saturated carbocycles. The van der Waals surface area contributed by atoms with E-state index in [2.05, 4.69) is 14.7 Å². The van der Waals surface area contributed by atoms with Crippen LogP contribution in [0.1, 0.15) is 29.8 Å². The molecule has 0 aromatic carbocycles. The van der Waals surface area contributed by atoms with E-state index in [1.807, 2.05) is 4.90 Å². The van der Waals surface area contributed by atoms with Crippen LogP contribution in [0.5, 0.6) is 0 Å². The Hall–Kier alpha value is -2.18. The van der Waals surface area contributed by atoms with E-state index >= 15 is 0 Å². The summed E-state index contributed by atoms with van der Waals surface area (Å²) in [6, 6.07) is -0.379. The van der Waals surface area contributed by atoms with Gasteiger partial charge in [0.05, 0.1) is 26.6 Å². The predicted octanol–water partition coefficient (Wildman–Crippen LogP) is 0.795. The van der Waals surface area contributed by atoms with Gasteiger partial charge < -0.3 is 14.4 Å². The van der Waals surface area contributed by atoms with Gasteiger partial charge in [-0.1, -0.05) is 0 Å². The zero-order valence-corrected chi connectivity index (χ0v) is 11.5. The lowest BCUT2D eigenvalue weighted by Gasteiger charge is -2.34. The molecule has 0 aliphatic carbocycles. The number of ether oxygens (including phenoxy) is 2. The first-order valence-electron chi connectivity index (χ1n) is 6.42. The van der Waals surface area contributed by atoms with Crippen molar-refractivity contribution in [2.24, 2.45) is 0 Å². The number of esters is 2. The number of carbonyl (C=O) groups excluding carboxylic acids is 2. The maximum Gasteiger partial charge on any atom is 0.358 e. The van der Waals surface area contributed by atoms with Crippen molar-refractivity contribution in [3.8, 4) is 0 Å². The van der Waals surface area contributed by atoms with Crippen LogP contribution in [0.15, 0.2) is 12.4 Å². The molecule has 0 spiro atoms. The lowest BCUT2D eigenvalue weighted by Crippen LogP contribution is -2.46. The number of rotatable bonds is 3. The summed E-state index contributed by atoms with van der Waals surface area (Å²) in [6.07, 6.45) is 5.49. The molecule has 1 aromatic rings. The van der Waals surface area contributed by atoms with Gasteiger partial charge in [-0.2, -0.15) is 0 Å². The number of hydrogen-bond donors (Lipinski definition) is 0. The first-order valence-corrected chi connectivity index (χ1v) is 6.42. The molecule has 2 heterocycles. The fourth-order valence-electron chi connectivity index (χ4n) is 2.28. The Morgan fingerprint density at radius 2 is 2.05 bits per heavy atom. The molecule has 0 amide bonds. The third-order valence-electron chi connectivity index (χ3n) is 3.29. The molecule has 1 atom stereocenters. The maximum absolute atomic E-state index is 11.8. The number of carbonyl (C=O) groups is 2. The largest absolute Gasteiger partial charge is 0.467 e. The van der Waals surface area contributed by atoms with Crippen LogP contribution in [-0.2, 0) is 14.3 Å². The van der Waals surface area contributed by atoms with Gasteiger partial charge in [-0.25, -0.2) is 14.6 Å². The molecule has 1 aliphatic heterocycles. The second-order valence-corrected chi connectivity index (χ2v) is 4.48. The molecule has 108 valence electrons. The van der Waals surface area contributed by atoms with Gasteiger partial charge in [-0.15, -0.1) is 0 Å². The summed E-state index contributed by atoms with van der Waals surface area (Å²) in [4.78, 5) is 33.3. The average Bonchev–Trinajstić information content (AvgIpc) is 2.53. The Labute approximate surface area is 116 Å². The molecule has 7 heteroatoms. The molecule has 1 aliphatic rings. The Balaban J connectivity index is 2.28. The van der Waals surface area contributed by atoms with Crippen molar-refractivity contribution in [2.45, 2.75) is 25.3 Å². The van der Waals surface area contributed by atoms with Crippen molar-refractivity contribution in [3.05, 3.63) is 18.1 Å². The predicted molar refractivity (Wildman–Crippen MR) is 70.4 cm³/mol. The highest BCUT2D eigenvalue weighted by atomic mass is 16.5. The zero-order chi connectivity index (χ0) is 14.5. The fourth-order valence-corrected chi connectivity index (χ4v) is 2.28. The third kappa shape index (κ3) is 2.87. The van der Waals surface area contributed by atoms with E-state index in [1.54, 1.807) is 0 Å². The highest BCUT2D eigenvalue weighted by Crippen LogP contribution is 2.23. The maximum atomic E-state index is 11.8. The molecule has 7 nitrogen and oxygen atoms in total. The zero-order valence-electron chi connectivity index (χ0n) is 11.5. The lowest BCUT2D eigenvalue weighted by molar-refractivity contribution is -0.142. The Bertz CT molecular complexity index is 506. The topological polar surface area (TPSA) is 81.6 Å². The quantitative estimate of drug-likeness (QED) is 0.757. The minimum Gasteiger partial charge on any atom is -0.467 e. The SMILES string of the molecule is COC(=O)c1cncc(N2CCCCC2C(=O)OC)n1. The smallest absolute Gasteiger partial charge is 0.358 e. The minimum absolute atomic E-state index is 0.124. The molecule has 0 bridgehead atoms. The first kappa shape index (κ1) is 14.2. The first-order chi connectivity index (χ1) is 9.67. The number of piperidine rings is 1. The van der Waals surface area contributed by atoms with Gasteiger partial charge in [0.25, 0.3) is 0 Å². The van der Waals surface area contributed by atoms with Crippen LogP contribution in [-0.4, -0.2) is 48.7 Å². The monoisotopic (exact) mass is 279 g/mol. The van der Waals surface area contributed by atoms with Crippen LogP contribution in [0.4, 0.5) is 5.82 Å². The highest BCUT2D eigenvalue weighted by Gasteiger charge is 2.31. The minimum atomic E-state index is -0.550. The molecule has 1 fully saturated rings. The van der Waals surface area contributed by atoms with Gasteiger partial charge in [0.15, 0.2) is 5.69 Å². The van der Waals surface area contributed by atoms with Gasteiger partial charge in [-0.3, -0.25) is 4.98 Å². The molecule has 0 radical (unpaired) electrons. The number of methoxy groups -OCH3 is 2. The van der Waals surface area contributed by atoms with E-state index < -0.39 is 5.97 Å². The van der Waals surface area contributed by atoms with E-state index in [0.717, 1.165) is 12.8 Å². The van der Waals surface area contributed by atoms with E-state index in [4.69, 9.17) is 4.74 Å². The molecular weight excluding hydrogens is 262 g/mol. The fraction of sp³-hybridized carbons (Fsp3) is 0.538. The summed E-state index contributed by atoms with van der Waals surface area (Å²) in [7, 11) is 2.65. The third-order valence-corrected chi connectivity index (χ3v) is 3.29.